The van der Waals surface area contributed by atoms with Crippen LogP contribution in [0.5, 0.6) is 0 Å². The first kappa shape index (κ1) is 22.9. The van der Waals surface area contributed by atoms with Crippen molar-refractivity contribution in [2.75, 3.05) is 13.1 Å². The average molecular weight is 341 g/mol. The predicted octanol–water partition coefficient (Wildman–Crippen LogP) is 4.43. The number of unbranched alkanes of at least 4 members (excludes halogenated alkanes) is 2. The number of carbonyl (C=O) groups is 2. The summed E-state index contributed by atoms with van der Waals surface area (Å²) in [6, 6.07) is 0. The molecule has 0 aliphatic carbocycles. The normalized spacial score (nSPS) is 12.2. The molecule has 4 heteroatoms. The summed E-state index contributed by atoms with van der Waals surface area (Å²) in [5.41, 5.74) is 0. The summed E-state index contributed by atoms with van der Waals surface area (Å²) < 4.78 is 0. The van der Waals surface area contributed by atoms with E-state index >= 15 is 0 Å². The lowest BCUT2D eigenvalue weighted by Crippen LogP contribution is -2.29. The van der Waals surface area contributed by atoms with E-state index in [1.165, 1.54) is 25.7 Å². The molecule has 0 spiro atoms. The van der Waals surface area contributed by atoms with E-state index in [2.05, 4.69) is 38.3 Å². The highest BCUT2D eigenvalue weighted by molar-refractivity contribution is 5.76. The van der Waals surface area contributed by atoms with Gasteiger partial charge in [-0.3, -0.25) is 9.59 Å². The molecule has 24 heavy (non-hydrogen) atoms. The number of hydrogen-bond donors (Lipinski definition) is 2. The van der Waals surface area contributed by atoms with Crippen LogP contribution in [0.4, 0.5) is 0 Å². The van der Waals surface area contributed by atoms with E-state index in [0.717, 1.165) is 25.7 Å². The number of nitrogens with one attached hydrogen (secondary N) is 2. The van der Waals surface area contributed by atoms with Crippen molar-refractivity contribution in [1.82, 2.24) is 10.6 Å². The second-order valence-electron chi connectivity index (χ2n) is 7.48. The van der Waals surface area contributed by atoms with Gasteiger partial charge in [0.25, 0.3) is 0 Å². The van der Waals surface area contributed by atoms with Crippen molar-refractivity contribution in [3.8, 4) is 0 Å². The van der Waals surface area contributed by atoms with Gasteiger partial charge < -0.3 is 10.6 Å². The Morgan fingerprint density at radius 1 is 0.750 bits per heavy atom. The molecule has 0 rings (SSSR count). The van der Waals surface area contributed by atoms with Crippen LogP contribution in [0.15, 0.2) is 0 Å². The van der Waals surface area contributed by atoms with Gasteiger partial charge in [0.1, 0.15) is 0 Å². The van der Waals surface area contributed by atoms with Crippen LogP contribution in [0.1, 0.15) is 91.9 Å². The highest BCUT2D eigenvalue weighted by Gasteiger charge is 2.06. The van der Waals surface area contributed by atoms with Gasteiger partial charge in [0, 0.05) is 25.9 Å². The Bertz CT molecular complexity index is 330. The van der Waals surface area contributed by atoms with E-state index in [0.29, 0.717) is 37.8 Å². The smallest absolute Gasteiger partial charge is 0.220 e. The molecule has 0 saturated heterocycles. The van der Waals surface area contributed by atoms with E-state index in [4.69, 9.17) is 0 Å². The molecule has 0 aromatic heterocycles. The van der Waals surface area contributed by atoms with Crippen LogP contribution in [0, 0.1) is 11.8 Å². The maximum Gasteiger partial charge on any atom is 0.220 e. The molecule has 0 fully saturated rings. The van der Waals surface area contributed by atoms with Crippen LogP contribution >= 0.6 is 0 Å². The Balaban J connectivity index is 3.45. The number of hydrogen-bond acceptors (Lipinski definition) is 2. The van der Waals surface area contributed by atoms with E-state index in [9.17, 15) is 9.59 Å². The minimum atomic E-state index is 0.134. The summed E-state index contributed by atoms with van der Waals surface area (Å²) in [6.45, 7) is 10.1. The number of amides is 2. The fourth-order valence-electron chi connectivity index (χ4n) is 2.63. The highest BCUT2D eigenvalue weighted by Crippen LogP contribution is 2.13. The molecule has 4 nitrogen and oxygen atoms in total. The Morgan fingerprint density at radius 3 is 1.96 bits per heavy atom. The molecule has 0 aliphatic heterocycles. The van der Waals surface area contributed by atoms with Gasteiger partial charge in [-0.25, -0.2) is 0 Å². The topological polar surface area (TPSA) is 58.2 Å². The molecular weight excluding hydrogens is 300 g/mol. The van der Waals surface area contributed by atoms with Gasteiger partial charge in [-0.05, 0) is 31.1 Å². The molecule has 0 radical (unpaired) electrons. The molecular formula is C20H40N2O2. The van der Waals surface area contributed by atoms with Gasteiger partial charge in [0.2, 0.25) is 11.8 Å². The van der Waals surface area contributed by atoms with E-state index in [1.54, 1.807) is 0 Å². The molecule has 1 unspecified atom stereocenters. The molecule has 142 valence electrons. The lowest BCUT2D eigenvalue weighted by Gasteiger charge is -2.11. The second-order valence-corrected chi connectivity index (χ2v) is 7.48. The zero-order chi connectivity index (χ0) is 18.2. The van der Waals surface area contributed by atoms with Gasteiger partial charge in [0.05, 0.1) is 0 Å². The first-order valence-corrected chi connectivity index (χ1v) is 9.99. The molecule has 0 aromatic carbocycles. The van der Waals surface area contributed by atoms with Gasteiger partial charge in [-0.1, -0.05) is 59.8 Å². The largest absolute Gasteiger partial charge is 0.356 e. The first-order valence-electron chi connectivity index (χ1n) is 9.99. The molecule has 0 heterocycles. The first-order chi connectivity index (χ1) is 11.5. The van der Waals surface area contributed by atoms with Crippen molar-refractivity contribution >= 4 is 11.8 Å². The fraction of sp³-hybridized carbons (Fsp3) is 0.900. The predicted molar refractivity (Wildman–Crippen MR) is 102 cm³/mol. The molecule has 2 N–H and O–H groups in total. The SMILES string of the molecule is CCCCC(C)CCC(=O)NCCCNC(=O)CCCCC(C)C. The maximum atomic E-state index is 11.7. The van der Waals surface area contributed by atoms with Crippen LogP contribution in [0.25, 0.3) is 0 Å². The Kier molecular flexibility index (Phi) is 14.8. The average Bonchev–Trinajstić information content (AvgIpc) is 2.54. The molecule has 2 amide bonds. The third-order valence-electron chi connectivity index (χ3n) is 4.35. The quantitative estimate of drug-likeness (QED) is 0.433. The minimum Gasteiger partial charge on any atom is -0.356 e. The van der Waals surface area contributed by atoms with Crippen molar-refractivity contribution in [3.63, 3.8) is 0 Å². The van der Waals surface area contributed by atoms with Crippen molar-refractivity contribution < 1.29 is 9.59 Å². The summed E-state index contributed by atoms with van der Waals surface area (Å²) in [4.78, 5) is 23.4. The summed E-state index contributed by atoms with van der Waals surface area (Å²) in [5, 5.41) is 5.87. The van der Waals surface area contributed by atoms with Crippen LogP contribution in [-0.2, 0) is 9.59 Å². The maximum absolute atomic E-state index is 11.7. The molecule has 0 aliphatic rings. The summed E-state index contributed by atoms with van der Waals surface area (Å²) >= 11 is 0. The van der Waals surface area contributed by atoms with Crippen molar-refractivity contribution in [3.05, 3.63) is 0 Å². The monoisotopic (exact) mass is 340 g/mol. The van der Waals surface area contributed by atoms with Gasteiger partial charge >= 0.3 is 0 Å². The van der Waals surface area contributed by atoms with Crippen molar-refractivity contribution in [2.45, 2.75) is 91.9 Å². The van der Waals surface area contributed by atoms with E-state index in [1.807, 2.05) is 0 Å². The van der Waals surface area contributed by atoms with Crippen molar-refractivity contribution in [2.24, 2.45) is 11.8 Å². The zero-order valence-electron chi connectivity index (χ0n) is 16.5. The van der Waals surface area contributed by atoms with E-state index in [-0.39, 0.29) is 11.8 Å². The Morgan fingerprint density at radius 2 is 1.38 bits per heavy atom. The minimum absolute atomic E-state index is 0.134. The lowest BCUT2D eigenvalue weighted by atomic mass is 9.99. The lowest BCUT2D eigenvalue weighted by molar-refractivity contribution is -0.121. The molecule has 0 bridgehead atoms. The van der Waals surface area contributed by atoms with Crippen LogP contribution in [0.3, 0.4) is 0 Å². The summed E-state index contributed by atoms with van der Waals surface area (Å²) in [5.74, 6) is 1.62. The zero-order valence-corrected chi connectivity index (χ0v) is 16.5. The number of carbonyl (C=O) groups excluding carboxylic acids is 2. The third kappa shape index (κ3) is 15.8. The van der Waals surface area contributed by atoms with Crippen LogP contribution in [-0.4, -0.2) is 24.9 Å². The van der Waals surface area contributed by atoms with Gasteiger partial charge in [-0.2, -0.15) is 0 Å². The molecule has 1 atom stereocenters. The highest BCUT2D eigenvalue weighted by atomic mass is 16.2. The Labute approximate surface area is 149 Å². The van der Waals surface area contributed by atoms with Crippen LogP contribution < -0.4 is 10.6 Å². The summed E-state index contributed by atoms with van der Waals surface area (Å²) in [6.07, 6.45) is 9.98. The molecule has 0 aromatic rings. The van der Waals surface area contributed by atoms with Gasteiger partial charge in [0.15, 0.2) is 0 Å². The van der Waals surface area contributed by atoms with Crippen LogP contribution in [0.2, 0.25) is 0 Å². The number of rotatable bonds is 15. The van der Waals surface area contributed by atoms with E-state index < -0.39 is 0 Å². The second kappa shape index (κ2) is 15.5. The van der Waals surface area contributed by atoms with Gasteiger partial charge in [-0.15, -0.1) is 0 Å². The Hall–Kier alpha value is -1.06. The molecule has 0 saturated carbocycles. The fourth-order valence-corrected chi connectivity index (χ4v) is 2.63. The summed E-state index contributed by atoms with van der Waals surface area (Å²) in [7, 11) is 0. The standard InChI is InChI=1S/C20H40N2O2/c1-5-6-11-18(4)13-14-20(24)22-16-9-15-21-19(23)12-8-7-10-17(2)3/h17-18H,5-16H2,1-4H3,(H,21,23)(H,22,24). The third-order valence-corrected chi connectivity index (χ3v) is 4.35. The van der Waals surface area contributed by atoms with Crippen molar-refractivity contribution in [1.29, 1.82) is 0 Å².